The first-order chi connectivity index (χ1) is 13.1. The highest BCUT2D eigenvalue weighted by atomic mass is 35.5. The lowest BCUT2D eigenvalue weighted by Gasteiger charge is -2.59. The van der Waals surface area contributed by atoms with Crippen molar-refractivity contribution in [3.63, 3.8) is 0 Å². The van der Waals surface area contributed by atoms with Crippen molar-refractivity contribution in [1.82, 2.24) is 0 Å². The highest BCUT2D eigenvalue weighted by Gasteiger charge is 2.71. The average Bonchev–Trinajstić information content (AvgIpc) is 2.83. The number of carbonyl (C=O) groups is 3. The lowest BCUT2D eigenvalue weighted by atomic mass is 9.46. The Balaban J connectivity index is 1.74. The molecule has 28 heavy (non-hydrogen) atoms. The molecule has 0 saturated heterocycles. The zero-order valence-electron chi connectivity index (χ0n) is 17.3. The third-order valence-corrected chi connectivity index (χ3v) is 9.42. The Labute approximate surface area is 172 Å². The zero-order valence-corrected chi connectivity index (χ0v) is 18.1. The number of hydrogen-bond donors (Lipinski definition) is 0. The number of carbonyl (C=O) groups excluding carboxylic acids is 3. The summed E-state index contributed by atoms with van der Waals surface area (Å²) in [6.45, 7) is 7.35. The van der Waals surface area contributed by atoms with Gasteiger partial charge in [-0.25, -0.2) is 0 Å². The van der Waals surface area contributed by atoms with Crippen molar-refractivity contribution in [2.24, 2.45) is 28.6 Å². The fraction of sp³-hybridized carbons (Fsp3) is 0.783. The monoisotopic (exact) mass is 406 g/mol. The van der Waals surface area contributed by atoms with E-state index in [9.17, 15) is 14.4 Å². The molecule has 0 aromatic carbocycles. The van der Waals surface area contributed by atoms with E-state index in [1.165, 1.54) is 19.4 Å². The van der Waals surface area contributed by atoms with Gasteiger partial charge in [-0.05, 0) is 74.7 Å². The van der Waals surface area contributed by atoms with E-state index in [-0.39, 0.29) is 22.9 Å². The Bertz CT molecular complexity index is 773. The van der Waals surface area contributed by atoms with Gasteiger partial charge in [0.2, 0.25) is 0 Å². The molecule has 0 heterocycles. The topological polar surface area (TPSA) is 60.4 Å². The number of hydrogen-bond acceptors (Lipinski definition) is 4. The quantitative estimate of drug-likeness (QED) is 0.495. The molecule has 4 aliphatic rings. The molecule has 0 radical (unpaired) electrons. The summed E-state index contributed by atoms with van der Waals surface area (Å²) >= 11 is 6.81. The number of alkyl halides is 1. The second-order valence-electron chi connectivity index (χ2n) is 10.0. The van der Waals surface area contributed by atoms with E-state index in [2.05, 4.69) is 13.8 Å². The van der Waals surface area contributed by atoms with Crippen LogP contribution in [0.4, 0.5) is 0 Å². The normalized spacial score (nSPS) is 47.5. The van der Waals surface area contributed by atoms with E-state index in [1.807, 2.05) is 6.08 Å². The van der Waals surface area contributed by atoms with Gasteiger partial charge in [-0.15, -0.1) is 11.6 Å². The summed E-state index contributed by atoms with van der Waals surface area (Å²) in [4.78, 5) is 36.8. The number of Topliss-reactive ketones (excluding diaryl/α,β-unsaturated/α-hetero) is 1. The van der Waals surface area contributed by atoms with Crippen LogP contribution in [-0.2, 0) is 19.1 Å². The summed E-state index contributed by atoms with van der Waals surface area (Å²) < 4.78 is 5.79. The van der Waals surface area contributed by atoms with Gasteiger partial charge in [0.1, 0.15) is 0 Å². The van der Waals surface area contributed by atoms with Crippen LogP contribution >= 0.6 is 11.6 Å². The number of ether oxygens (including phenoxy) is 1. The maximum atomic E-state index is 12.9. The largest absolute Gasteiger partial charge is 0.449 e. The molecule has 4 nitrogen and oxygen atoms in total. The maximum absolute atomic E-state index is 12.9. The van der Waals surface area contributed by atoms with Crippen LogP contribution < -0.4 is 0 Å². The van der Waals surface area contributed by atoms with E-state index >= 15 is 0 Å². The lowest BCUT2D eigenvalue weighted by Crippen LogP contribution is -2.60. The van der Waals surface area contributed by atoms with E-state index < -0.39 is 22.4 Å². The van der Waals surface area contributed by atoms with Gasteiger partial charge in [0.05, 0.1) is 5.38 Å². The van der Waals surface area contributed by atoms with Gasteiger partial charge in [-0.3, -0.25) is 14.4 Å². The average molecular weight is 407 g/mol. The van der Waals surface area contributed by atoms with Gasteiger partial charge in [0.15, 0.2) is 17.2 Å². The smallest absolute Gasteiger partial charge is 0.303 e. The molecule has 3 saturated carbocycles. The van der Waals surface area contributed by atoms with Crippen molar-refractivity contribution in [1.29, 1.82) is 0 Å². The molecule has 0 unspecified atom stereocenters. The minimum atomic E-state index is -1.23. The van der Waals surface area contributed by atoms with Crippen molar-refractivity contribution >= 4 is 29.1 Å². The van der Waals surface area contributed by atoms with Crippen molar-refractivity contribution < 1.29 is 19.1 Å². The molecule has 5 heteroatoms. The summed E-state index contributed by atoms with van der Waals surface area (Å²) in [6, 6.07) is 0. The molecule has 3 fully saturated rings. The molecule has 0 N–H and O–H groups in total. The van der Waals surface area contributed by atoms with Crippen LogP contribution in [0.15, 0.2) is 11.6 Å². The molecule has 4 aliphatic carbocycles. The van der Waals surface area contributed by atoms with Crippen molar-refractivity contribution in [2.45, 2.75) is 83.6 Å². The molecule has 154 valence electrons. The fourth-order valence-corrected chi connectivity index (χ4v) is 8.26. The third-order valence-electron chi connectivity index (χ3n) is 8.93. The van der Waals surface area contributed by atoms with Gasteiger partial charge in [0.25, 0.3) is 0 Å². The zero-order chi connectivity index (χ0) is 20.5. The molecular formula is C23H31ClO4. The highest BCUT2D eigenvalue weighted by Crippen LogP contribution is 2.69. The Morgan fingerprint density at radius 3 is 2.46 bits per heavy atom. The molecule has 0 aromatic rings. The Morgan fingerprint density at radius 1 is 1.11 bits per heavy atom. The third kappa shape index (κ3) is 2.45. The van der Waals surface area contributed by atoms with E-state index in [0.29, 0.717) is 24.7 Å². The molecule has 4 rings (SSSR count). The van der Waals surface area contributed by atoms with Gasteiger partial charge in [-0.1, -0.05) is 19.4 Å². The highest BCUT2D eigenvalue weighted by molar-refractivity contribution is 6.24. The van der Waals surface area contributed by atoms with Crippen LogP contribution in [0, 0.1) is 28.6 Å². The van der Waals surface area contributed by atoms with Crippen LogP contribution in [-0.4, -0.2) is 28.5 Å². The predicted octanol–water partition coefficient (Wildman–Crippen LogP) is 4.63. The van der Waals surface area contributed by atoms with Gasteiger partial charge in [-0.2, -0.15) is 0 Å². The van der Waals surface area contributed by atoms with Crippen LogP contribution in [0.2, 0.25) is 0 Å². The fourth-order valence-electron chi connectivity index (χ4n) is 7.62. The number of halogens is 1. The Morgan fingerprint density at radius 2 is 1.82 bits per heavy atom. The summed E-state index contributed by atoms with van der Waals surface area (Å²) in [5.74, 6) is 0.912. The Hall–Kier alpha value is -1.16. The van der Waals surface area contributed by atoms with Crippen molar-refractivity contribution in [3.8, 4) is 0 Å². The number of allylic oxidation sites excluding steroid dienone is 1. The van der Waals surface area contributed by atoms with Crippen LogP contribution in [0.25, 0.3) is 0 Å². The molecule has 7 atom stereocenters. The molecule has 0 bridgehead atoms. The van der Waals surface area contributed by atoms with Crippen molar-refractivity contribution in [2.75, 3.05) is 0 Å². The molecule has 0 spiro atoms. The van der Waals surface area contributed by atoms with Gasteiger partial charge < -0.3 is 4.74 Å². The standard InChI is InChI=1S/C23H31ClO4/c1-13(25)23(28-14(2)26)20(24)12-19-17-6-5-15-11-16(27)7-9-21(15,3)18(17)8-10-22(19,23)4/h11,17-20H,5-10,12H2,1-4H3/t17-,18+,19+,20+,21+,22+,23+/m1/s1. The predicted molar refractivity (Wildman–Crippen MR) is 107 cm³/mol. The minimum absolute atomic E-state index is 0.0723. The van der Waals surface area contributed by atoms with Gasteiger partial charge in [0, 0.05) is 18.8 Å². The second-order valence-corrected chi connectivity index (χ2v) is 10.5. The molecule has 0 aliphatic heterocycles. The molecule has 0 aromatic heterocycles. The number of rotatable bonds is 2. The number of ketones is 2. The first-order valence-electron chi connectivity index (χ1n) is 10.6. The first kappa shape index (κ1) is 20.1. The number of esters is 1. The lowest BCUT2D eigenvalue weighted by molar-refractivity contribution is -0.186. The summed E-state index contributed by atoms with van der Waals surface area (Å²) in [5.41, 5.74) is -0.259. The molecular weight excluding hydrogens is 376 g/mol. The summed E-state index contributed by atoms with van der Waals surface area (Å²) in [7, 11) is 0. The van der Waals surface area contributed by atoms with Crippen molar-refractivity contribution in [3.05, 3.63) is 11.6 Å². The van der Waals surface area contributed by atoms with E-state index in [1.54, 1.807) is 0 Å². The molecule has 0 amide bonds. The van der Waals surface area contributed by atoms with E-state index in [4.69, 9.17) is 16.3 Å². The van der Waals surface area contributed by atoms with Crippen LogP contribution in [0.1, 0.15) is 72.6 Å². The summed E-state index contributed by atoms with van der Waals surface area (Å²) in [5, 5.41) is -0.486. The van der Waals surface area contributed by atoms with Crippen LogP contribution in [0.5, 0.6) is 0 Å². The summed E-state index contributed by atoms with van der Waals surface area (Å²) in [6.07, 6.45) is 7.96. The van der Waals surface area contributed by atoms with E-state index in [0.717, 1.165) is 32.1 Å². The second kappa shape index (κ2) is 6.42. The number of fused-ring (bicyclic) bond motifs is 5. The van der Waals surface area contributed by atoms with Crippen LogP contribution in [0.3, 0.4) is 0 Å². The minimum Gasteiger partial charge on any atom is -0.449 e. The van der Waals surface area contributed by atoms with Gasteiger partial charge >= 0.3 is 5.97 Å². The SMILES string of the molecule is CC(=O)O[C@@]1(C(C)=O)[C@@H](Cl)C[C@H]2[C@@H]3CCC4=CC(=O)CC[C@]4(C)[C@H]3CC[C@@]21C. The Kier molecular flexibility index (Phi) is 4.61. The first-order valence-corrected chi connectivity index (χ1v) is 11.1. The maximum Gasteiger partial charge on any atom is 0.303 e.